The van der Waals surface area contributed by atoms with Crippen molar-refractivity contribution < 1.29 is 39.3 Å². The van der Waals surface area contributed by atoms with Crippen molar-refractivity contribution in [3.63, 3.8) is 0 Å². The SMILES string of the molecule is CSCCC(NC(=O)C(N)CC(C)C)C(=O)NC(CC(=O)O)C(=O)NC(C(=O)O)C(C)O. The maximum atomic E-state index is 12.8. The van der Waals surface area contributed by atoms with Gasteiger partial charge in [0.25, 0.3) is 0 Å². The molecule has 0 fully saturated rings. The van der Waals surface area contributed by atoms with E-state index in [1.165, 1.54) is 11.8 Å². The van der Waals surface area contributed by atoms with Crippen LogP contribution >= 0.6 is 11.8 Å². The molecule has 32 heavy (non-hydrogen) atoms. The van der Waals surface area contributed by atoms with E-state index in [0.29, 0.717) is 12.2 Å². The average molecular weight is 479 g/mol. The molecule has 8 N–H and O–H groups in total. The highest BCUT2D eigenvalue weighted by Gasteiger charge is 2.32. The van der Waals surface area contributed by atoms with E-state index in [-0.39, 0.29) is 12.3 Å². The van der Waals surface area contributed by atoms with Gasteiger partial charge in [-0.2, -0.15) is 11.8 Å². The van der Waals surface area contributed by atoms with Crippen LogP contribution in [-0.4, -0.2) is 87.3 Å². The number of aliphatic hydroxyl groups excluding tert-OH is 1. The Morgan fingerprint density at radius 3 is 1.88 bits per heavy atom. The second kappa shape index (κ2) is 14.6. The van der Waals surface area contributed by atoms with Crippen LogP contribution in [0.3, 0.4) is 0 Å². The van der Waals surface area contributed by atoms with Crippen LogP contribution in [0.1, 0.15) is 40.0 Å². The van der Waals surface area contributed by atoms with Crippen LogP contribution < -0.4 is 21.7 Å². The minimum absolute atomic E-state index is 0.147. The highest BCUT2D eigenvalue weighted by atomic mass is 32.2. The molecule has 0 spiro atoms. The van der Waals surface area contributed by atoms with E-state index in [4.69, 9.17) is 15.9 Å². The molecule has 0 saturated heterocycles. The molecular weight excluding hydrogens is 444 g/mol. The average Bonchev–Trinajstić information content (AvgIpc) is 2.66. The van der Waals surface area contributed by atoms with Crippen LogP contribution in [0.15, 0.2) is 0 Å². The van der Waals surface area contributed by atoms with E-state index in [2.05, 4.69) is 10.6 Å². The summed E-state index contributed by atoms with van der Waals surface area (Å²) >= 11 is 1.42. The van der Waals surface area contributed by atoms with Crippen LogP contribution in [0.2, 0.25) is 0 Å². The lowest BCUT2D eigenvalue weighted by Gasteiger charge is -2.25. The molecular formula is C19H34N4O8S. The van der Waals surface area contributed by atoms with Crippen LogP contribution in [0.4, 0.5) is 0 Å². The number of carbonyl (C=O) groups is 5. The fraction of sp³-hybridized carbons (Fsp3) is 0.737. The van der Waals surface area contributed by atoms with Gasteiger partial charge in [0.15, 0.2) is 6.04 Å². The number of carbonyl (C=O) groups excluding carboxylic acids is 3. The molecule has 0 aliphatic heterocycles. The smallest absolute Gasteiger partial charge is 0.328 e. The molecule has 0 heterocycles. The van der Waals surface area contributed by atoms with Crippen LogP contribution in [0, 0.1) is 5.92 Å². The van der Waals surface area contributed by atoms with E-state index in [1.807, 2.05) is 19.2 Å². The van der Waals surface area contributed by atoms with Crippen molar-refractivity contribution in [1.29, 1.82) is 0 Å². The highest BCUT2D eigenvalue weighted by molar-refractivity contribution is 7.98. The normalized spacial score (nSPS) is 15.7. The molecule has 184 valence electrons. The van der Waals surface area contributed by atoms with Gasteiger partial charge in [0.1, 0.15) is 12.1 Å². The monoisotopic (exact) mass is 478 g/mol. The van der Waals surface area contributed by atoms with Gasteiger partial charge in [-0.05, 0) is 37.7 Å². The van der Waals surface area contributed by atoms with Gasteiger partial charge >= 0.3 is 11.9 Å². The van der Waals surface area contributed by atoms with E-state index in [1.54, 1.807) is 6.26 Å². The number of nitrogens with two attached hydrogens (primary N) is 1. The number of amides is 3. The Hall–Kier alpha value is -2.38. The standard InChI is InChI=1S/C19H34N4O8S/c1-9(2)7-11(20)16(27)21-12(5-6-32-4)17(28)22-13(8-14(25)26)18(29)23-15(10(3)24)19(30)31/h9-13,15,24H,5-8,20H2,1-4H3,(H,21,27)(H,22,28)(H,23,29)(H,25,26)(H,30,31). The largest absolute Gasteiger partial charge is 0.481 e. The highest BCUT2D eigenvalue weighted by Crippen LogP contribution is 2.07. The maximum absolute atomic E-state index is 12.8. The Labute approximate surface area is 191 Å². The number of aliphatic carboxylic acids is 2. The summed E-state index contributed by atoms with van der Waals surface area (Å²) in [5.74, 6) is -4.78. The lowest BCUT2D eigenvalue weighted by Crippen LogP contribution is -2.58. The minimum Gasteiger partial charge on any atom is -0.481 e. The van der Waals surface area contributed by atoms with Crippen molar-refractivity contribution in [3.8, 4) is 0 Å². The number of hydrogen-bond donors (Lipinski definition) is 7. The number of thioether (sulfide) groups is 1. The van der Waals surface area contributed by atoms with Crippen molar-refractivity contribution in [1.82, 2.24) is 16.0 Å². The molecule has 12 nitrogen and oxygen atoms in total. The van der Waals surface area contributed by atoms with Crippen LogP contribution in [0.25, 0.3) is 0 Å². The Morgan fingerprint density at radius 1 is 0.906 bits per heavy atom. The van der Waals surface area contributed by atoms with Gasteiger partial charge in [-0.15, -0.1) is 0 Å². The first kappa shape index (κ1) is 29.6. The third-order valence-corrected chi connectivity index (χ3v) is 5.01. The summed E-state index contributed by atoms with van der Waals surface area (Å²) in [4.78, 5) is 59.9. The first-order valence-corrected chi connectivity index (χ1v) is 11.5. The summed E-state index contributed by atoms with van der Waals surface area (Å²) in [5.41, 5.74) is 5.85. The van der Waals surface area contributed by atoms with Gasteiger partial charge < -0.3 is 37.0 Å². The quantitative estimate of drug-likeness (QED) is 0.145. The number of carboxylic acids is 2. The topological polar surface area (TPSA) is 208 Å². The second-order valence-corrected chi connectivity index (χ2v) is 8.79. The summed E-state index contributed by atoms with van der Waals surface area (Å²) in [5, 5.41) is 34.5. The molecule has 0 aromatic rings. The molecule has 0 aliphatic carbocycles. The third-order valence-electron chi connectivity index (χ3n) is 4.36. The third kappa shape index (κ3) is 11.3. The molecule has 3 amide bonds. The molecule has 0 aromatic carbocycles. The molecule has 13 heteroatoms. The van der Waals surface area contributed by atoms with Crippen molar-refractivity contribution in [2.24, 2.45) is 11.7 Å². The maximum Gasteiger partial charge on any atom is 0.328 e. The molecule has 5 atom stereocenters. The summed E-state index contributed by atoms with van der Waals surface area (Å²) in [6.45, 7) is 4.91. The molecule has 0 bridgehead atoms. The van der Waals surface area contributed by atoms with Crippen LogP contribution in [-0.2, 0) is 24.0 Å². The number of carboxylic acid groups (broad SMARTS) is 2. The zero-order valence-electron chi connectivity index (χ0n) is 18.7. The van der Waals surface area contributed by atoms with Gasteiger partial charge in [0.05, 0.1) is 18.6 Å². The van der Waals surface area contributed by atoms with Gasteiger partial charge in [-0.25, -0.2) is 4.79 Å². The molecule has 5 unspecified atom stereocenters. The summed E-state index contributed by atoms with van der Waals surface area (Å²) in [6.07, 6.45) is 0.0839. The minimum atomic E-state index is -1.70. The van der Waals surface area contributed by atoms with Crippen molar-refractivity contribution >= 4 is 41.4 Å². The molecule has 0 aliphatic rings. The second-order valence-electron chi connectivity index (χ2n) is 7.80. The number of hydrogen-bond acceptors (Lipinski definition) is 8. The number of nitrogens with one attached hydrogen (secondary N) is 3. The van der Waals surface area contributed by atoms with Gasteiger partial charge in [0.2, 0.25) is 17.7 Å². The molecule has 0 saturated carbocycles. The predicted molar refractivity (Wildman–Crippen MR) is 118 cm³/mol. The predicted octanol–water partition coefficient (Wildman–Crippen LogP) is -1.49. The Balaban J connectivity index is 5.46. The Bertz CT molecular complexity index is 674. The van der Waals surface area contributed by atoms with Gasteiger partial charge in [-0.3, -0.25) is 19.2 Å². The van der Waals surface area contributed by atoms with Gasteiger partial charge in [0, 0.05) is 0 Å². The van der Waals surface area contributed by atoms with Crippen molar-refractivity contribution in [3.05, 3.63) is 0 Å². The number of aliphatic hydroxyl groups is 1. The first-order valence-electron chi connectivity index (χ1n) is 10.1. The first-order chi connectivity index (χ1) is 14.8. The van der Waals surface area contributed by atoms with Crippen molar-refractivity contribution in [2.75, 3.05) is 12.0 Å². The van der Waals surface area contributed by atoms with Gasteiger partial charge in [-0.1, -0.05) is 13.8 Å². The fourth-order valence-electron chi connectivity index (χ4n) is 2.70. The lowest BCUT2D eigenvalue weighted by molar-refractivity contribution is -0.146. The zero-order chi connectivity index (χ0) is 25.0. The fourth-order valence-corrected chi connectivity index (χ4v) is 3.17. The number of rotatable bonds is 15. The Morgan fingerprint density at radius 2 is 1.44 bits per heavy atom. The van der Waals surface area contributed by atoms with E-state index >= 15 is 0 Å². The molecule has 0 aromatic heterocycles. The summed E-state index contributed by atoms with van der Waals surface area (Å²) < 4.78 is 0. The molecule has 0 radical (unpaired) electrons. The lowest BCUT2D eigenvalue weighted by atomic mass is 10.0. The Kier molecular flexibility index (Phi) is 13.5. The summed E-state index contributed by atoms with van der Waals surface area (Å²) in [6, 6.07) is -5.25. The summed E-state index contributed by atoms with van der Waals surface area (Å²) in [7, 11) is 0. The van der Waals surface area contributed by atoms with E-state index in [0.717, 1.165) is 6.92 Å². The van der Waals surface area contributed by atoms with E-state index in [9.17, 15) is 29.1 Å². The molecule has 0 rings (SSSR count). The zero-order valence-corrected chi connectivity index (χ0v) is 19.5. The van der Waals surface area contributed by atoms with Crippen molar-refractivity contribution in [2.45, 2.75) is 70.3 Å². The van der Waals surface area contributed by atoms with E-state index < -0.39 is 66.4 Å². The van der Waals surface area contributed by atoms with Crippen LogP contribution in [0.5, 0.6) is 0 Å².